The topological polar surface area (TPSA) is 40.5 Å². The largest absolute Gasteiger partial charge is 0.286 e. The molecule has 0 unspecified atom stereocenters. The summed E-state index contributed by atoms with van der Waals surface area (Å²) in [7, 11) is 1.33. The quantitative estimate of drug-likeness (QED) is 0.467. The van der Waals surface area contributed by atoms with E-state index in [2.05, 4.69) is 6.92 Å². The van der Waals surface area contributed by atoms with Crippen molar-refractivity contribution in [3.8, 4) is 0 Å². The SMILES string of the molecule is CCCCCCc1ccc(C(=O)N(C)O)cc1. The molecule has 1 rings (SSSR count). The molecule has 0 atom stereocenters. The Balaban J connectivity index is 2.47. The van der Waals surface area contributed by atoms with Crippen molar-refractivity contribution in [3.05, 3.63) is 35.4 Å². The number of hydroxylamine groups is 2. The molecular formula is C14H21NO2. The molecule has 0 aromatic heterocycles. The van der Waals surface area contributed by atoms with Crippen molar-refractivity contribution in [3.63, 3.8) is 0 Å². The van der Waals surface area contributed by atoms with Crippen molar-refractivity contribution < 1.29 is 10.0 Å². The van der Waals surface area contributed by atoms with E-state index in [9.17, 15) is 4.79 Å². The summed E-state index contributed by atoms with van der Waals surface area (Å²) in [6.45, 7) is 2.20. The van der Waals surface area contributed by atoms with Crippen LogP contribution < -0.4 is 0 Å². The van der Waals surface area contributed by atoms with Gasteiger partial charge in [0.25, 0.3) is 5.91 Å². The molecule has 0 saturated carbocycles. The maximum atomic E-state index is 11.4. The minimum atomic E-state index is -0.373. The lowest BCUT2D eigenvalue weighted by Gasteiger charge is -2.08. The highest BCUT2D eigenvalue weighted by atomic mass is 16.5. The van der Waals surface area contributed by atoms with Crippen LogP contribution in [0.5, 0.6) is 0 Å². The van der Waals surface area contributed by atoms with Gasteiger partial charge in [-0.1, -0.05) is 38.3 Å². The summed E-state index contributed by atoms with van der Waals surface area (Å²) in [4.78, 5) is 11.4. The lowest BCUT2D eigenvalue weighted by atomic mass is 10.0. The van der Waals surface area contributed by atoms with Gasteiger partial charge in [0.1, 0.15) is 0 Å². The van der Waals surface area contributed by atoms with E-state index < -0.39 is 0 Å². The molecule has 1 aromatic carbocycles. The molecular weight excluding hydrogens is 214 g/mol. The zero-order valence-electron chi connectivity index (χ0n) is 10.6. The van der Waals surface area contributed by atoms with E-state index in [0.717, 1.165) is 6.42 Å². The standard InChI is InChI=1S/C14H21NO2/c1-3-4-5-6-7-12-8-10-13(11-9-12)14(16)15(2)17/h8-11,17H,3-7H2,1-2H3. The number of carbonyl (C=O) groups excluding carboxylic acids is 1. The Hall–Kier alpha value is -1.35. The molecule has 0 bridgehead atoms. The normalized spacial score (nSPS) is 10.3. The average molecular weight is 235 g/mol. The first-order chi connectivity index (χ1) is 8.15. The number of unbranched alkanes of at least 4 members (excludes halogenated alkanes) is 3. The van der Waals surface area contributed by atoms with Crippen molar-refractivity contribution in [2.24, 2.45) is 0 Å². The molecule has 17 heavy (non-hydrogen) atoms. The van der Waals surface area contributed by atoms with Crippen LogP contribution in [-0.4, -0.2) is 23.2 Å². The third kappa shape index (κ3) is 4.57. The summed E-state index contributed by atoms with van der Waals surface area (Å²) in [5, 5.41) is 9.64. The number of aryl methyl sites for hydroxylation is 1. The molecule has 0 saturated heterocycles. The summed E-state index contributed by atoms with van der Waals surface area (Å²) in [6.07, 6.45) is 6.04. The third-order valence-electron chi connectivity index (χ3n) is 2.81. The van der Waals surface area contributed by atoms with E-state index >= 15 is 0 Å². The van der Waals surface area contributed by atoms with Crippen molar-refractivity contribution in [1.29, 1.82) is 0 Å². The van der Waals surface area contributed by atoms with Crippen LogP contribution in [-0.2, 0) is 6.42 Å². The predicted molar refractivity (Wildman–Crippen MR) is 68.2 cm³/mol. The van der Waals surface area contributed by atoms with Gasteiger partial charge in [-0.2, -0.15) is 0 Å². The molecule has 3 heteroatoms. The highest BCUT2D eigenvalue weighted by Gasteiger charge is 2.08. The van der Waals surface area contributed by atoms with Crippen molar-refractivity contribution in [2.75, 3.05) is 7.05 Å². The fourth-order valence-corrected chi connectivity index (χ4v) is 1.76. The number of nitrogens with zero attached hydrogens (tertiary/aromatic N) is 1. The monoisotopic (exact) mass is 235 g/mol. The molecule has 0 radical (unpaired) electrons. The average Bonchev–Trinajstić information content (AvgIpc) is 2.34. The van der Waals surface area contributed by atoms with Gasteiger partial charge in [0, 0.05) is 12.6 Å². The number of rotatable bonds is 6. The lowest BCUT2D eigenvalue weighted by Crippen LogP contribution is -2.22. The minimum Gasteiger partial charge on any atom is -0.286 e. The molecule has 0 aliphatic rings. The van der Waals surface area contributed by atoms with Crippen LogP contribution in [0.15, 0.2) is 24.3 Å². The van der Waals surface area contributed by atoms with E-state index in [1.807, 2.05) is 12.1 Å². The molecule has 0 fully saturated rings. The van der Waals surface area contributed by atoms with Gasteiger partial charge >= 0.3 is 0 Å². The van der Waals surface area contributed by atoms with E-state index in [4.69, 9.17) is 5.21 Å². The van der Waals surface area contributed by atoms with Gasteiger partial charge in [0.05, 0.1) is 0 Å². The van der Waals surface area contributed by atoms with Crippen LogP contribution in [0.25, 0.3) is 0 Å². The zero-order chi connectivity index (χ0) is 12.7. The lowest BCUT2D eigenvalue weighted by molar-refractivity contribution is -0.0374. The maximum Gasteiger partial charge on any atom is 0.276 e. The Labute approximate surface area is 103 Å². The summed E-state index contributed by atoms with van der Waals surface area (Å²) >= 11 is 0. The van der Waals surface area contributed by atoms with Crippen LogP contribution in [0, 0.1) is 0 Å². The molecule has 0 aliphatic carbocycles. The Morgan fingerprint density at radius 2 is 1.82 bits per heavy atom. The predicted octanol–water partition coefficient (Wildman–Crippen LogP) is 3.27. The Morgan fingerprint density at radius 1 is 1.18 bits per heavy atom. The second-order valence-corrected chi connectivity index (χ2v) is 4.34. The molecule has 3 nitrogen and oxygen atoms in total. The first-order valence-corrected chi connectivity index (χ1v) is 6.21. The highest BCUT2D eigenvalue weighted by molar-refractivity contribution is 5.93. The minimum absolute atomic E-state index is 0.373. The van der Waals surface area contributed by atoms with E-state index in [0.29, 0.717) is 10.6 Å². The van der Waals surface area contributed by atoms with Gasteiger partial charge in [-0.05, 0) is 30.5 Å². The Kier molecular flexibility index (Phi) is 5.70. The molecule has 1 aromatic rings. The van der Waals surface area contributed by atoms with Gasteiger partial charge < -0.3 is 0 Å². The fraction of sp³-hybridized carbons (Fsp3) is 0.500. The second-order valence-electron chi connectivity index (χ2n) is 4.34. The van der Waals surface area contributed by atoms with Gasteiger partial charge in [-0.3, -0.25) is 10.0 Å². The number of amides is 1. The molecule has 1 amide bonds. The van der Waals surface area contributed by atoms with E-state index in [-0.39, 0.29) is 5.91 Å². The van der Waals surface area contributed by atoms with Gasteiger partial charge in [0.15, 0.2) is 0 Å². The van der Waals surface area contributed by atoms with E-state index in [1.165, 1.54) is 38.3 Å². The molecule has 0 aliphatic heterocycles. The van der Waals surface area contributed by atoms with Crippen LogP contribution in [0.4, 0.5) is 0 Å². The van der Waals surface area contributed by atoms with Crippen LogP contribution in [0.1, 0.15) is 48.5 Å². The highest BCUT2D eigenvalue weighted by Crippen LogP contribution is 2.10. The molecule has 0 heterocycles. The van der Waals surface area contributed by atoms with Crippen molar-refractivity contribution >= 4 is 5.91 Å². The Morgan fingerprint density at radius 3 is 2.35 bits per heavy atom. The second kappa shape index (κ2) is 7.07. The third-order valence-corrected chi connectivity index (χ3v) is 2.81. The van der Waals surface area contributed by atoms with Crippen molar-refractivity contribution in [2.45, 2.75) is 39.0 Å². The van der Waals surface area contributed by atoms with Crippen LogP contribution in [0.2, 0.25) is 0 Å². The fourth-order valence-electron chi connectivity index (χ4n) is 1.76. The number of hydrogen-bond donors (Lipinski definition) is 1. The van der Waals surface area contributed by atoms with Gasteiger partial charge in [0.2, 0.25) is 0 Å². The van der Waals surface area contributed by atoms with Crippen LogP contribution in [0.3, 0.4) is 0 Å². The number of benzene rings is 1. The summed E-state index contributed by atoms with van der Waals surface area (Å²) < 4.78 is 0. The smallest absolute Gasteiger partial charge is 0.276 e. The zero-order valence-corrected chi connectivity index (χ0v) is 10.6. The molecule has 1 N–H and O–H groups in total. The summed E-state index contributed by atoms with van der Waals surface area (Å²) in [6, 6.07) is 7.46. The first kappa shape index (κ1) is 13.7. The summed E-state index contributed by atoms with van der Waals surface area (Å²) in [5.41, 5.74) is 1.77. The van der Waals surface area contributed by atoms with Gasteiger partial charge in [-0.25, -0.2) is 5.06 Å². The summed E-state index contributed by atoms with van der Waals surface area (Å²) in [5.74, 6) is -0.373. The maximum absolute atomic E-state index is 11.4. The van der Waals surface area contributed by atoms with Crippen LogP contribution >= 0.6 is 0 Å². The molecule has 0 spiro atoms. The Bertz CT molecular complexity index is 344. The number of carbonyl (C=O) groups is 1. The van der Waals surface area contributed by atoms with E-state index in [1.54, 1.807) is 12.1 Å². The van der Waals surface area contributed by atoms with Crippen molar-refractivity contribution in [1.82, 2.24) is 5.06 Å². The number of hydrogen-bond acceptors (Lipinski definition) is 2. The molecule has 94 valence electrons. The van der Waals surface area contributed by atoms with Gasteiger partial charge in [-0.15, -0.1) is 0 Å². The first-order valence-electron chi connectivity index (χ1n) is 6.21.